The average Bonchev–Trinajstić information content (AvgIpc) is 2.38. The zero-order valence-electron chi connectivity index (χ0n) is 12.0. The highest BCUT2D eigenvalue weighted by Crippen LogP contribution is 2.30. The normalized spacial score (nSPS) is 20.4. The van der Waals surface area contributed by atoms with Gasteiger partial charge in [0.2, 0.25) is 10.0 Å². The molecule has 0 bridgehead atoms. The van der Waals surface area contributed by atoms with E-state index in [9.17, 15) is 8.42 Å². The van der Waals surface area contributed by atoms with Gasteiger partial charge in [-0.15, -0.1) is 0 Å². The molecular weight excluding hydrogens is 294 g/mol. The molecule has 0 aromatic heterocycles. The third-order valence-corrected chi connectivity index (χ3v) is 6.31. The van der Waals surface area contributed by atoms with Crippen LogP contribution in [0.25, 0.3) is 0 Å². The summed E-state index contributed by atoms with van der Waals surface area (Å²) in [6, 6.07) is 5.00. The third kappa shape index (κ3) is 3.05. The Labute approximate surface area is 125 Å². The van der Waals surface area contributed by atoms with Gasteiger partial charge in [-0.25, -0.2) is 12.7 Å². The number of anilines is 2. The molecule has 0 radical (unpaired) electrons. The van der Waals surface area contributed by atoms with Crippen molar-refractivity contribution in [2.24, 2.45) is 0 Å². The number of rotatable bonds is 3. The lowest BCUT2D eigenvalue weighted by Gasteiger charge is -2.33. The second-order valence-electron chi connectivity index (χ2n) is 5.14. The van der Waals surface area contributed by atoms with Gasteiger partial charge in [-0.2, -0.15) is 11.8 Å². The van der Waals surface area contributed by atoms with Crippen LogP contribution in [-0.4, -0.2) is 50.9 Å². The van der Waals surface area contributed by atoms with Crippen molar-refractivity contribution in [3.63, 3.8) is 0 Å². The van der Waals surface area contributed by atoms with Gasteiger partial charge in [0.15, 0.2) is 0 Å². The van der Waals surface area contributed by atoms with E-state index in [2.05, 4.69) is 11.8 Å². The Kier molecular flexibility index (Phi) is 4.51. The number of benzene rings is 1. The molecule has 0 amide bonds. The van der Waals surface area contributed by atoms with Crippen LogP contribution in [0.15, 0.2) is 23.1 Å². The van der Waals surface area contributed by atoms with Crippen LogP contribution in [0.5, 0.6) is 0 Å². The first-order valence-corrected chi connectivity index (χ1v) is 9.00. The molecule has 2 N–H and O–H groups in total. The molecule has 0 aliphatic carbocycles. The van der Waals surface area contributed by atoms with Gasteiger partial charge in [-0.1, -0.05) is 6.92 Å². The van der Waals surface area contributed by atoms with Crippen LogP contribution in [0.1, 0.15) is 6.92 Å². The zero-order chi connectivity index (χ0) is 14.9. The van der Waals surface area contributed by atoms with Gasteiger partial charge in [-0.05, 0) is 18.2 Å². The van der Waals surface area contributed by atoms with E-state index in [1.807, 2.05) is 17.8 Å². The fraction of sp³-hybridized carbons (Fsp3) is 0.538. The van der Waals surface area contributed by atoms with Crippen LogP contribution < -0.4 is 10.6 Å². The van der Waals surface area contributed by atoms with Crippen molar-refractivity contribution in [3.8, 4) is 0 Å². The molecule has 0 saturated carbocycles. The molecule has 7 heteroatoms. The van der Waals surface area contributed by atoms with E-state index in [0.717, 1.165) is 24.5 Å². The predicted octanol–water partition coefficient (Wildman–Crippen LogP) is 1.46. The van der Waals surface area contributed by atoms with Crippen molar-refractivity contribution in [2.75, 3.05) is 43.6 Å². The number of hydrogen-bond acceptors (Lipinski definition) is 5. The number of hydrogen-bond donors (Lipinski definition) is 1. The topological polar surface area (TPSA) is 66.6 Å². The minimum atomic E-state index is -3.43. The lowest BCUT2D eigenvalue weighted by molar-refractivity contribution is 0.521. The van der Waals surface area contributed by atoms with E-state index >= 15 is 0 Å². The molecule has 1 aliphatic rings. The fourth-order valence-electron chi connectivity index (χ4n) is 2.23. The summed E-state index contributed by atoms with van der Waals surface area (Å²) in [4.78, 5) is 2.46. The summed E-state index contributed by atoms with van der Waals surface area (Å²) >= 11 is 1.95. The first-order valence-electron chi connectivity index (χ1n) is 6.51. The summed E-state index contributed by atoms with van der Waals surface area (Å²) < 4.78 is 25.3. The van der Waals surface area contributed by atoms with Gasteiger partial charge in [0.1, 0.15) is 0 Å². The second kappa shape index (κ2) is 5.83. The van der Waals surface area contributed by atoms with Gasteiger partial charge in [-0.3, -0.25) is 0 Å². The SMILES string of the molecule is CC1CN(c2ccc(S(=O)(=O)N(C)C)cc2N)CCS1. The Hall–Kier alpha value is -0.920. The molecule has 1 aromatic rings. The van der Waals surface area contributed by atoms with Gasteiger partial charge < -0.3 is 10.6 Å². The van der Waals surface area contributed by atoms with Gasteiger partial charge >= 0.3 is 0 Å². The third-order valence-electron chi connectivity index (χ3n) is 3.36. The maximum absolute atomic E-state index is 12.1. The van der Waals surface area contributed by atoms with E-state index in [-0.39, 0.29) is 4.90 Å². The van der Waals surface area contributed by atoms with Crippen molar-refractivity contribution in [2.45, 2.75) is 17.1 Å². The molecule has 1 atom stereocenters. The summed E-state index contributed by atoms with van der Waals surface area (Å²) in [7, 11) is -0.393. The Morgan fingerprint density at radius 1 is 1.40 bits per heavy atom. The lowest BCUT2D eigenvalue weighted by atomic mass is 10.2. The highest BCUT2D eigenvalue weighted by molar-refractivity contribution is 8.00. The quantitative estimate of drug-likeness (QED) is 0.856. The van der Waals surface area contributed by atoms with Crippen LogP contribution in [0.3, 0.4) is 0 Å². The first kappa shape index (κ1) is 15.5. The smallest absolute Gasteiger partial charge is 0.242 e. The molecule has 5 nitrogen and oxygen atoms in total. The summed E-state index contributed by atoms with van der Waals surface area (Å²) in [5, 5.41) is 0.563. The molecular formula is C13H21N3O2S2. The minimum Gasteiger partial charge on any atom is -0.397 e. The number of nitrogen functional groups attached to an aromatic ring is 1. The second-order valence-corrected chi connectivity index (χ2v) is 8.83. The monoisotopic (exact) mass is 315 g/mol. The highest BCUT2D eigenvalue weighted by atomic mass is 32.2. The number of sulfonamides is 1. The zero-order valence-corrected chi connectivity index (χ0v) is 13.7. The van der Waals surface area contributed by atoms with Gasteiger partial charge in [0.25, 0.3) is 0 Å². The standard InChI is InChI=1S/C13H21N3O2S2/c1-10-9-16(6-7-19-10)13-5-4-11(8-12(13)14)20(17,18)15(2)3/h4-5,8,10H,6-7,9,14H2,1-3H3. The number of nitrogens with two attached hydrogens (primary N) is 1. The van der Waals surface area contributed by atoms with E-state index in [0.29, 0.717) is 10.9 Å². The van der Waals surface area contributed by atoms with Crippen LogP contribution in [0.4, 0.5) is 11.4 Å². The first-order chi connectivity index (χ1) is 9.32. The van der Waals surface area contributed by atoms with Crippen LogP contribution in [0.2, 0.25) is 0 Å². The molecule has 2 rings (SSSR count). The maximum Gasteiger partial charge on any atom is 0.242 e. The minimum absolute atomic E-state index is 0.239. The Morgan fingerprint density at radius 2 is 2.10 bits per heavy atom. The summed E-state index contributed by atoms with van der Waals surface area (Å²) in [6.07, 6.45) is 0. The molecule has 112 valence electrons. The Balaban J connectivity index is 2.31. The summed E-state index contributed by atoms with van der Waals surface area (Å²) in [5.41, 5.74) is 7.51. The molecule has 0 spiro atoms. The summed E-state index contributed by atoms with van der Waals surface area (Å²) in [6.45, 7) is 4.07. The maximum atomic E-state index is 12.1. The fourth-order valence-corrected chi connectivity index (χ4v) is 4.18. The van der Waals surface area contributed by atoms with Crippen molar-refractivity contribution < 1.29 is 8.42 Å². The van der Waals surface area contributed by atoms with E-state index in [4.69, 9.17) is 5.73 Å². The van der Waals surface area contributed by atoms with Crippen molar-refractivity contribution in [1.29, 1.82) is 0 Å². The van der Waals surface area contributed by atoms with Crippen molar-refractivity contribution in [3.05, 3.63) is 18.2 Å². The van der Waals surface area contributed by atoms with Crippen LogP contribution in [0, 0.1) is 0 Å². The molecule has 20 heavy (non-hydrogen) atoms. The number of thioether (sulfide) groups is 1. The number of nitrogens with zero attached hydrogens (tertiary/aromatic N) is 2. The molecule has 1 fully saturated rings. The molecule has 1 aliphatic heterocycles. The van der Waals surface area contributed by atoms with Crippen molar-refractivity contribution >= 4 is 33.2 Å². The summed E-state index contributed by atoms with van der Waals surface area (Å²) in [5.74, 6) is 1.07. The molecule has 1 heterocycles. The largest absolute Gasteiger partial charge is 0.397 e. The predicted molar refractivity (Wildman–Crippen MR) is 85.9 cm³/mol. The molecule has 1 unspecified atom stereocenters. The van der Waals surface area contributed by atoms with E-state index in [1.54, 1.807) is 12.1 Å². The molecule has 1 saturated heterocycles. The lowest BCUT2D eigenvalue weighted by Crippen LogP contribution is -2.37. The van der Waals surface area contributed by atoms with Gasteiger partial charge in [0, 0.05) is 38.2 Å². The van der Waals surface area contributed by atoms with Crippen LogP contribution in [-0.2, 0) is 10.0 Å². The van der Waals surface area contributed by atoms with E-state index in [1.165, 1.54) is 18.4 Å². The van der Waals surface area contributed by atoms with Gasteiger partial charge in [0.05, 0.1) is 16.3 Å². The highest BCUT2D eigenvalue weighted by Gasteiger charge is 2.22. The Bertz CT molecular complexity index is 587. The molecule has 1 aromatic carbocycles. The van der Waals surface area contributed by atoms with Crippen LogP contribution >= 0.6 is 11.8 Å². The van der Waals surface area contributed by atoms with E-state index < -0.39 is 10.0 Å². The van der Waals surface area contributed by atoms with Crippen molar-refractivity contribution in [1.82, 2.24) is 4.31 Å². The average molecular weight is 315 g/mol. The Morgan fingerprint density at radius 3 is 2.65 bits per heavy atom.